The number of rotatable bonds is 6. The Labute approximate surface area is 128 Å². The smallest absolute Gasteiger partial charge is 0.241 e. The van der Waals surface area contributed by atoms with E-state index in [1.807, 2.05) is 6.92 Å². The molecule has 2 rings (SSSR count). The molecule has 2 aromatic rings. The third-order valence-corrected chi connectivity index (χ3v) is 3.00. The molecule has 0 saturated carbocycles. The molecule has 2 N–H and O–H groups in total. The van der Waals surface area contributed by atoms with Gasteiger partial charge in [-0.1, -0.05) is 35.0 Å². The predicted molar refractivity (Wildman–Crippen MR) is 82.2 cm³/mol. The van der Waals surface area contributed by atoms with Gasteiger partial charge in [0.1, 0.15) is 6.54 Å². The van der Waals surface area contributed by atoms with E-state index >= 15 is 0 Å². The number of hydrogen-bond donors (Lipinski definition) is 2. The standard InChI is InChI=1S/C15H19N5O2/c1-11-3-5-13(6-4-11)7-8-16-15(22)10-20-9-14(18-19-20)17-12(2)21/h3-6,9H,7-8,10H2,1-2H3,(H,16,22)(H,17,21). The molecule has 0 radical (unpaired) electrons. The molecule has 116 valence electrons. The van der Waals surface area contributed by atoms with Gasteiger partial charge in [0, 0.05) is 13.5 Å². The van der Waals surface area contributed by atoms with Gasteiger partial charge in [0.05, 0.1) is 6.20 Å². The molecule has 0 aliphatic carbocycles. The van der Waals surface area contributed by atoms with Crippen LogP contribution in [0.15, 0.2) is 30.5 Å². The van der Waals surface area contributed by atoms with Crippen LogP contribution in [0.4, 0.5) is 5.82 Å². The van der Waals surface area contributed by atoms with Crippen LogP contribution in [0, 0.1) is 6.92 Å². The second-order valence-corrected chi connectivity index (χ2v) is 5.07. The average Bonchev–Trinajstić information content (AvgIpc) is 2.87. The molecular formula is C15H19N5O2. The topological polar surface area (TPSA) is 88.9 Å². The summed E-state index contributed by atoms with van der Waals surface area (Å²) in [6.07, 6.45) is 2.29. The highest BCUT2D eigenvalue weighted by Crippen LogP contribution is 2.03. The van der Waals surface area contributed by atoms with Crippen molar-refractivity contribution < 1.29 is 9.59 Å². The third-order valence-electron chi connectivity index (χ3n) is 3.00. The van der Waals surface area contributed by atoms with Gasteiger partial charge in [0.2, 0.25) is 11.8 Å². The Balaban J connectivity index is 1.74. The lowest BCUT2D eigenvalue weighted by Crippen LogP contribution is -2.29. The Morgan fingerprint density at radius 2 is 1.95 bits per heavy atom. The Morgan fingerprint density at radius 3 is 2.64 bits per heavy atom. The summed E-state index contributed by atoms with van der Waals surface area (Å²) in [5.41, 5.74) is 2.40. The summed E-state index contributed by atoms with van der Waals surface area (Å²) in [6.45, 7) is 4.06. The van der Waals surface area contributed by atoms with Crippen LogP contribution in [0.2, 0.25) is 0 Å². The Kier molecular flexibility index (Phi) is 5.24. The van der Waals surface area contributed by atoms with Gasteiger partial charge in [0.15, 0.2) is 5.82 Å². The molecule has 0 unspecified atom stereocenters. The lowest BCUT2D eigenvalue weighted by Gasteiger charge is -2.05. The third kappa shape index (κ3) is 5.01. The molecule has 0 fully saturated rings. The maximum atomic E-state index is 11.8. The van der Waals surface area contributed by atoms with Crippen LogP contribution in [0.3, 0.4) is 0 Å². The minimum atomic E-state index is -0.227. The summed E-state index contributed by atoms with van der Waals surface area (Å²) in [7, 11) is 0. The van der Waals surface area contributed by atoms with E-state index < -0.39 is 0 Å². The summed E-state index contributed by atoms with van der Waals surface area (Å²) in [5.74, 6) is -0.0408. The number of aromatic nitrogens is 3. The fourth-order valence-corrected chi connectivity index (χ4v) is 1.92. The Morgan fingerprint density at radius 1 is 1.23 bits per heavy atom. The molecule has 0 atom stereocenters. The second kappa shape index (κ2) is 7.35. The lowest BCUT2D eigenvalue weighted by atomic mass is 10.1. The molecule has 1 aromatic carbocycles. The van der Waals surface area contributed by atoms with Crippen LogP contribution in [0.5, 0.6) is 0 Å². The van der Waals surface area contributed by atoms with E-state index in [0.29, 0.717) is 12.4 Å². The van der Waals surface area contributed by atoms with Crippen molar-refractivity contribution in [2.24, 2.45) is 0 Å². The van der Waals surface area contributed by atoms with E-state index in [0.717, 1.165) is 6.42 Å². The summed E-state index contributed by atoms with van der Waals surface area (Å²) < 4.78 is 1.38. The van der Waals surface area contributed by atoms with E-state index in [1.54, 1.807) is 0 Å². The SMILES string of the molecule is CC(=O)Nc1cn(CC(=O)NCCc2ccc(C)cc2)nn1. The van der Waals surface area contributed by atoms with E-state index in [-0.39, 0.29) is 18.4 Å². The highest BCUT2D eigenvalue weighted by atomic mass is 16.2. The molecule has 0 aliphatic heterocycles. The lowest BCUT2D eigenvalue weighted by molar-refractivity contribution is -0.121. The number of nitrogens with one attached hydrogen (secondary N) is 2. The number of hydrogen-bond acceptors (Lipinski definition) is 4. The van der Waals surface area contributed by atoms with Crippen LogP contribution in [-0.2, 0) is 22.6 Å². The number of carbonyl (C=O) groups excluding carboxylic acids is 2. The fourth-order valence-electron chi connectivity index (χ4n) is 1.92. The van der Waals surface area contributed by atoms with Gasteiger partial charge in [-0.2, -0.15) is 0 Å². The first-order valence-electron chi connectivity index (χ1n) is 7.03. The van der Waals surface area contributed by atoms with Crippen molar-refractivity contribution in [3.63, 3.8) is 0 Å². The number of aryl methyl sites for hydroxylation is 1. The Bertz CT molecular complexity index is 648. The van der Waals surface area contributed by atoms with Crippen LogP contribution in [0.25, 0.3) is 0 Å². The highest BCUT2D eigenvalue weighted by molar-refractivity contribution is 5.87. The van der Waals surface area contributed by atoms with E-state index in [2.05, 4.69) is 45.2 Å². The monoisotopic (exact) mass is 301 g/mol. The van der Waals surface area contributed by atoms with Gasteiger partial charge in [-0.3, -0.25) is 9.59 Å². The summed E-state index contributed by atoms with van der Waals surface area (Å²) in [6, 6.07) is 8.21. The van der Waals surface area contributed by atoms with Crippen LogP contribution < -0.4 is 10.6 Å². The second-order valence-electron chi connectivity index (χ2n) is 5.07. The number of nitrogens with zero attached hydrogens (tertiary/aromatic N) is 3. The minimum absolute atomic E-state index is 0.0699. The first kappa shape index (κ1) is 15.7. The van der Waals surface area contributed by atoms with Crippen molar-refractivity contribution >= 4 is 17.6 Å². The molecule has 22 heavy (non-hydrogen) atoms. The quantitative estimate of drug-likeness (QED) is 0.830. The summed E-state index contributed by atoms with van der Waals surface area (Å²) in [5, 5.41) is 12.9. The van der Waals surface area contributed by atoms with Crippen LogP contribution >= 0.6 is 0 Å². The number of amides is 2. The van der Waals surface area contributed by atoms with Crippen molar-refractivity contribution in [1.82, 2.24) is 20.3 Å². The first-order valence-corrected chi connectivity index (χ1v) is 7.03. The average molecular weight is 301 g/mol. The zero-order valence-electron chi connectivity index (χ0n) is 12.7. The molecule has 0 bridgehead atoms. The maximum absolute atomic E-state index is 11.8. The van der Waals surface area contributed by atoms with Crippen LogP contribution in [0.1, 0.15) is 18.1 Å². The van der Waals surface area contributed by atoms with Crippen molar-refractivity contribution in [1.29, 1.82) is 0 Å². The van der Waals surface area contributed by atoms with E-state index in [9.17, 15) is 9.59 Å². The molecule has 2 amide bonds. The number of anilines is 1. The molecule has 1 heterocycles. The van der Waals surface area contributed by atoms with Crippen LogP contribution in [-0.4, -0.2) is 33.4 Å². The molecule has 7 heteroatoms. The van der Waals surface area contributed by atoms with Gasteiger partial charge in [-0.05, 0) is 18.9 Å². The largest absolute Gasteiger partial charge is 0.354 e. The summed E-state index contributed by atoms with van der Waals surface area (Å²) in [4.78, 5) is 22.7. The predicted octanol–water partition coefficient (Wildman–Crippen LogP) is 0.904. The van der Waals surface area contributed by atoms with E-state index in [1.165, 1.54) is 28.9 Å². The van der Waals surface area contributed by atoms with Crippen molar-refractivity contribution in [2.45, 2.75) is 26.8 Å². The van der Waals surface area contributed by atoms with Gasteiger partial charge in [-0.25, -0.2) is 4.68 Å². The van der Waals surface area contributed by atoms with Crippen molar-refractivity contribution in [2.75, 3.05) is 11.9 Å². The molecular weight excluding hydrogens is 282 g/mol. The highest BCUT2D eigenvalue weighted by Gasteiger charge is 2.06. The number of carbonyl (C=O) groups is 2. The van der Waals surface area contributed by atoms with Crippen molar-refractivity contribution in [3.05, 3.63) is 41.6 Å². The van der Waals surface area contributed by atoms with Gasteiger partial charge < -0.3 is 10.6 Å². The molecule has 0 aliphatic rings. The molecule has 1 aromatic heterocycles. The maximum Gasteiger partial charge on any atom is 0.241 e. The van der Waals surface area contributed by atoms with Gasteiger partial charge in [0.25, 0.3) is 0 Å². The molecule has 0 saturated heterocycles. The normalized spacial score (nSPS) is 10.3. The van der Waals surface area contributed by atoms with Gasteiger partial charge >= 0.3 is 0 Å². The molecule has 7 nitrogen and oxygen atoms in total. The Hall–Kier alpha value is -2.70. The zero-order valence-corrected chi connectivity index (χ0v) is 12.7. The fraction of sp³-hybridized carbons (Fsp3) is 0.333. The number of benzene rings is 1. The summed E-state index contributed by atoms with van der Waals surface area (Å²) >= 11 is 0. The zero-order chi connectivity index (χ0) is 15.9. The van der Waals surface area contributed by atoms with E-state index in [4.69, 9.17) is 0 Å². The minimum Gasteiger partial charge on any atom is -0.354 e. The first-order chi connectivity index (χ1) is 10.5. The van der Waals surface area contributed by atoms with Crippen molar-refractivity contribution in [3.8, 4) is 0 Å². The van der Waals surface area contributed by atoms with Gasteiger partial charge in [-0.15, -0.1) is 5.10 Å². The molecule has 0 spiro atoms.